The Morgan fingerprint density at radius 1 is 1.58 bits per heavy atom. The summed E-state index contributed by atoms with van der Waals surface area (Å²) in [7, 11) is 1.32. The predicted molar refractivity (Wildman–Crippen MR) is 69.9 cm³/mol. The third-order valence-electron chi connectivity index (χ3n) is 3.31. The lowest BCUT2D eigenvalue weighted by Crippen LogP contribution is -2.39. The number of esters is 1. The van der Waals surface area contributed by atoms with Gasteiger partial charge in [-0.05, 0) is 6.92 Å². The zero-order valence-corrected chi connectivity index (χ0v) is 11.3. The summed E-state index contributed by atoms with van der Waals surface area (Å²) >= 11 is 0. The monoisotopic (exact) mass is 268 g/mol. The zero-order chi connectivity index (χ0) is 13.8. The first kappa shape index (κ1) is 13.8. The van der Waals surface area contributed by atoms with E-state index in [1.54, 1.807) is 6.33 Å². The molecule has 0 bridgehead atoms. The normalized spacial score (nSPS) is 18.2. The molecule has 0 spiro atoms. The Morgan fingerprint density at radius 2 is 2.26 bits per heavy atom. The van der Waals surface area contributed by atoms with Crippen LogP contribution in [-0.4, -0.2) is 60.4 Å². The van der Waals surface area contributed by atoms with Gasteiger partial charge in [-0.1, -0.05) is 0 Å². The fraction of sp³-hybridized carbons (Fsp3) is 0.667. The number of carbonyl (C=O) groups is 1. The highest BCUT2D eigenvalue weighted by Crippen LogP contribution is 2.18. The minimum atomic E-state index is -0.505. The predicted octanol–water partition coefficient (Wildman–Crippen LogP) is 0.145. The summed E-state index contributed by atoms with van der Waals surface area (Å²) in [5.74, 6) is -0.151. The molecule has 7 heteroatoms. The van der Waals surface area contributed by atoms with Crippen molar-refractivity contribution in [3.8, 4) is 0 Å². The summed E-state index contributed by atoms with van der Waals surface area (Å²) in [5.41, 5.74) is 6.12. The molecule has 0 radical (unpaired) electrons. The second kappa shape index (κ2) is 6.03. The maximum atomic E-state index is 11.5. The van der Waals surface area contributed by atoms with Gasteiger partial charge in [0.25, 0.3) is 0 Å². The minimum Gasteiger partial charge on any atom is -0.464 e. The van der Waals surface area contributed by atoms with E-state index >= 15 is 0 Å². The molecular weight excluding hydrogens is 248 g/mol. The average Bonchev–Trinajstić information content (AvgIpc) is 2.81. The van der Waals surface area contributed by atoms with Gasteiger partial charge in [0.1, 0.15) is 5.82 Å². The van der Waals surface area contributed by atoms with Gasteiger partial charge in [-0.2, -0.15) is 0 Å². The lowest BCUT2D eigenvalue weighted by atomic mass is 10.2. The third-order valence-corrected chi connectivity index (χ3v) is 3.31. The van der Waals surface area contributed by atoms with E-state index < -0.39 is 5.97 Å². The maximum Gasteiger partial charge on any atom is 0.360 e. The van der Waals surface area contributed by atoms with Gasteiger partial charge in [-0.15, -0.1) is 0 Å². The van der Waals surface area contributed by atoms with Crippen LogP contribution in [0.3, 0.4) is 0 Å². The molecule has 0 aliphatic carbocycles. The largest absolute Gasteiger partial charge is 0.464 e. The number of hydrogen-bond acceptors (Lipinski definition) is 6. The van der Waals surface area contributed by atoms with Crippen LogP contribution in [0.2, 0.25) is 0 Å². The van der Waals surface area contributed by atoms with E-state index in [-0.39, 0.29) is 11.7 Å². The molecule has 2 N–H and O–H groups in total. The summed E-state index contributed by atoms with van der Waals surface area (Å²) in [6.45, 7) is 6.27. The van der Waals surface area contributed by atoms with Gasteiger partial charge >= 0.3 is 5.97 Å². The number of methoxy groups -OCH3 is 1. The molecule has 19 heavy (non-hydrogen) atoms. The van der Waals surface area contributed by atoms with Crippen LogP contribution in [0.15, 0.2) is 6.33 Å². The van der Waals surface area contributed by atoms with Gasteiger partial charge < -0.3 is 19.8 Å². The van der Waals surface area contributed by atoms with Crippen molar-refractivity contribution >= 4 is 11.8 Å². The number of morpholine rings is 1. The van der Waals surface area contributed by atoms with E-state index in [0.717, 1.165) is 32.8 Å². The van der Waals surface area contributed by atoms with E-state index in [2.05, 4.69) is 21.5 Å². The number of imidazole rings is 1. The number of nitrogen functional groups attached to an aromatic ring is 1. The van der Waals surface area contributed by atoms with Gasteiger partial charge in [0.2, 0.25) is 0 Å². The number of nitrogens with zero attached hydrogens (tertiary/aromatic N) is 3. The highest BCUT2D eigenvalue weighted by molar-refractivity contribution is 5.92. The zero-order valence-electron chi connectivity index (χ0n) is 11.3. The molecule has 106 valence electrons. The van der Waals surface area contributed by atoms with Crippen LogP contribution in [0.4, 0.5) is 5.82 Å². The molecule has 2 rings (SSSR count). The van der Waals surface area contributed by atoms with Crippen LogP contribution >= 0.6 is 0 Å². The molecule has 1 unspecified atom stereocenters. The Bertz CT molecular complexity index is 440. The molecule has 1 fully saturated rings. The van der Waals surface area contributed by atoms with E-state index in [1.807, 2.05) is 4.57 Å². The second-order valence-corrected chi connectivity index (χ2v) is 4.64. The molecule has 1 aliphatic heterocycles. The maximum absolute atomic E-state index is 11.5. The first-order chi connectivity index (χ1) is 9.13. The van der Waals surface area contributed by atoms with Gasteiger partial charge in [-0.25, -0.2) is 9.78 Å². The smallest absolute Gasteiger partial charge is 0.360 e. The van der Waals surface area contributed by atoms with Crippen LogP contribution in [0, 0.1) is 0 Å². The molecule has 2 heterocycles. The van der Waals surface area contributed by atoms with Gasteiger partial charge in [-0.3, -0.25) is 4.90 Å². The van der Waals surface area contributed by atoms with Crippen molar-refractivity contribution in [2.24, 2.45) is 0 Å². The second-order valence-electron chi connectivity index (χ2n) is 4.64. The van der Waals surface area contributed by atoms with Crippen LogP contribution in [-0.2, 0) is 9.47 Å². The van der Waals surface area contributed by atoms with Crippen molar-refractivity contribution in [2.45, 2.75) is 13.0 Å². The van der Waals surface area contributed by atoms with Crippen molar-refractivity contribution in [3.63, 3.8) is 0 Å². The number of hydrogen-bond donors (Lipinski definition) is 1. The fourth-order valence-electron chi connectivity index (χ4n) is 2.22. The van der Waals surface area contributed by atoms with Crippen molar-refractivity contribution < 1.29 is 14.3 Å². The number of anilines is 1. The molecule has 7 nitrogen and oxygen atoms in total. The Labute approximate surface area is 112 Å². The number of ether oxygens (including phenoxy) is 2. The lowest BCUT2D eigenvalue weighted by molar-refractivity contribution is 0.0327. The lowest BCUT2D eigenvalue weighted by Gasteiger charge is -2.29. The first-order valence-corrected chi connectivity index (χ1v) is 6.34. The summed E-state index contributed by atoms with van der Waals surface area (Å²) in [6, 6.07) is 0.143. The molecule has 1 aliphatic rings. The van der Waals surface area contributed by atoms with Crippen molar-refractivity contribution in [1.29, 1.82) is 0 Å². The average molecular weight is 268 g/mol. The third kappa shape index (κ3) is 3.05. The van der Waals surface area contributed by atoms with Crippen LogP contribution in [0.5, 0.6) is 0 Å². The van der Waals surface area contributed by atoms with Crippen molar-refractivity contribution in [3.05, 3.63) is 12.0 Å². The van der Waals surface area contributed by atoms with Gasteiger partial charge in [0, 0.05) is 25.7 Å². The van der Waals surface area contributed by atoms with Gasteiger partial charge in [0.15, 0.2) is 5.69 Å². The van der Waals surface area contributed by atoms with E-state index in [4.69, 9.17) is 10.5 Å². The van der Waals surface area contributed by atoms with Crippen molar-refractivity contribution in [1.82, 2.24) is 14.5 Å². The summed E-state index contributed by atoms with van der Waals surface area (Å²) in [4.78, 5) is 17.8. The Morgan fingerprint density at radius 3 is 2.89 bits per heavy atom. The minimum absolute atomic E-state index is 0.143. The first-order valence-electron chi connectivity index (χ1n) is 6.34. The van der Waals surface area contributed by atoms with E-state index in [0.29, 0.717) is 5.82 Å². The molecule has 1 atom stereocenters. The molecule has 1 aromatic rings. The Hall–Kier alpha value is -1.60. The summed E-state index contributed by atoms with van der Waals surface area (Å²) in [6.07, 6.45) is 1.59. The van der Waals surface area contributed by atoms with Crippen LogP contribution in [0.25, 0.3) is 0 Å². The Kier molecular flexibility index (Phi) is 4.39. The van der Waals surface area contributed by atoms with Crippen molar-refractivity contribution in [2.75, 3.05) is 45.7 Å². The molecular formula is C12H20N4O3. The van der Waals surface area contributed by atoms with Gasteiger partial charge in [0.05, 0.1) is 26.7 Å². The molecule has 0 amide bonds. The van der Waals surface area contributed by atoms with Crippen LogP contribution < -0.4 is 5.73 Å². The fourth-order valence-corrected chi connectivity index (χ4v) is 2.22. The molecule has 1 saturated heterocycles. The highest BCUT2D eigenvalue weighted by atomic mass is 16.5. The molecule has 0 aromatic carbocycles. The summed E-state index contributed by atoms with van der Waals surface area (Å²) in [5, 5.41) is 0. The standard InChI is InChI=1S/C12H20N4O3/c1-9(7-15-3-5-19-6-4-15)16-8-14-10(11(16)13)12(17)18-2/h8-9H,3-7,13H2,1-2H3. The highest BCUT2D eigenvalue weighted by Gasteiger charge is 2.21. The Balaban J connectivity index is 2.04. The topological polar surface area (TPSA) is 82.6 Å². The SMILES string of the molecule is COC(=O)c1ncn(C(C)CN2CCOCC2)c1N. The molecule has 1 aromatic heterocycles. The van der Waals surface area contributed by atoms with E-state index in [1.165, 1.54) is 7.11 Å². The number of aromatic nitrogens is 2. The number of rotatable bonds is 4. The number of nitrogens with two attached hydrogens (primary N) is 1. The number of carbonyl (C=O) groups excluding carboxylic acids is 1. The molecule has 0 saturated carbocycles. The van der Waals surface area contributed by atoms with E-state index in [9.17, 15) is 4.79 Å². The quantitative estimate of drug-likeness (QED) is 0.782. The summed E-state index contributed by atoms with van der Waals surface area (Å²) < 4.78 is 11.8. The van der Waals surface area contributed by atoms with Crippen LogP contribution in [0.1, 0.15) is 23.5 Å².